The van der Waals surface area contributed by atoms with Crippen molar-refractivity contribution in [2.45, 2.75) is 6.42 Å². The molecule has 134 valence electrons. The molecule has 0 atom stereocenters. The first kappa shape index (κ1) is 16.4. The first-order valence-electron chi connectivity index (χ1n) is 8.50. The van der Waals surface area contributed by atoms with Crippen LogP contribution in [0.1, 0.15) is 6.42 Å². The number of nitrogens with one attached hydrogen (secondary N) is 2. The van der Waals surface area contributed by atoms with Crippen molar-refractivity contribution in [1.29, 1.82) is 0 Å². The zero-order chi connectivity index (χ0) is 17.8. The Morgan fingerprint density at radius 1 is 1.08 bits per heavy atom. The van der Waals surface area contributed by atoms with E-state index in [1.54, 1.807) is 7.11 Å². The molecule has 1 aliphatic heterocycles. The van der Waals surface area contributed by atoms with Gasteiger partial charge in [0.25, 0.3) is 0 Å². The lowest BCUT2D eigenvalue weighted by Crippen LogP contribution is -2.08. The number of rotatable bonds is 7. The van der Waals surface area contributed by atoms with Crippen LogP contribution in [0.4, 0.5) is 17.5 Å². The lowest BCUT2D eigenvalue weighted by molar-refractivity contribution is 0.174. The highest BCUT2D eigenvalue weighted by Gasteiger charge is 2.14. The van der Waals surface area contributed by atoms with Gasteiger partial charge in [-0.3, -0.25) is 0 Å². The topological polar surface area (TPSA) is 77.5 Å². The molecule has 0 spiro atoms. The SMILES string of the molecule is COCCCNc1nc(Nc2ccc3c(c2)OCO3)nc2ccccc12. The molecule has 0 aliphatic carbocycles. The minimum atomic E-state index is 0.251. The van der Waals surface area contributed by atoms with Gasteiger partial charge >= 0.3 is 0 Å². The van der Waals surface area contributed by atoms with Gasteiger partial charge in [-0.15, -0.1) is 0 Å². The number of fused-ring (bicyclic) bond motifs is 2. The predicted molar refractivity (Wildman–Crippen MR) is 100 cm³/mol. The molecule has 0 amide bonds. The standard InChI is InChI=1S/C19H20N4O3/c1-24-10-4-9-20-18-14-5-2-3-6-15(14)22-19(23-18)21-13-7-8-16-17(11-13)26-12-25-16/h2-3,5-8,11H,4,9-10,12H2,1H3,(H2,20,21,22,23). The summed E-state index contributed by atoms with van der Waals surface area (Å²) in [5.74, 6) is 2.79. The van der Waals surface area contributed by atoms with Crippen molar-refractivity contribution in [2.75, 3.05) is 37.7 Å². The van der Waals surface area contributed by atoms with E-state index in [4.69, 9.17) is 14.2 Å². The number of hydrogen-bond donors (Lipinski definition) is 2. The predicted octanol–water partition coefficient (Wildman–Crippen LogP) is 3.55. The molecule has 0 fully saturated rings. The molecule has 26 heavy (non-hydrogen) atoms. The fraction of sp³-hybridized carbons (Fsp3) is 0.263. The molecule has 0 saturated heterocycles. The zero-order valence-electron chi connectivity index (χ0n) is 14.5. The molecule has 0 saturated carbocycles. The minimum absolute atomic E-state index is 0.251. The second kappa shape index (κ2) is 7.45. The summed E-state index contributed by atoms with van der Waals surface area (Å²) in [5, 5.41) is 7.61. The number of ether oxygens (including phenoxy) is 3. The third-order valence-corrected chi connectivity index (χ3v) is 4.05. The number of methoxy groups -OCH3 is 1. The van der Waals surface area contributed by atoms with E-state index in [0.717, 1.165) is 41.1 Å². The molecule has 0 radical (unpaired) electrons. The molecule has 7 nitrogen and oxygen atoms in total. The minimum Gasteiger partial charge on any atom is -0.454 e. The molecule has 7 heteroatoms. The van der Waals surface area contributed by atoms with Crippen LogP contribution in [-0.4, -0.2) is 37.0 Å². The number of nitrogens with zero attached hydrogens (tertiary/aromatic N) is 2. The van der Waals surface area contributed by atoms with Crippen LogP contribution < -0.4 is 20.1 Å². The summed E-state index contributed by atoms with van der Waals surface area (Å²) in [6, 6.07) is 13.6. The zero-order valence-corrected chi connectivity index (χ0v) is 14.5. The molecule has 2 N–H and O–H groups in total. The van der Waals surface area contributed by atoms with Crippen molar-refractivity contribution >= 4 is 28.4 Å². The van der Waals surface area contributed by atoms with Gasteiger partial charge in [0.2, 0.25) is 12.7 Å². The fourth-order valence-corrected chi connectivity index (χ4v) is 2.79. The summed E-state index contributed by atoms with van der Waals surface area (Å²) in [7, 11) is 1.70. The Balaban J connectivity index is 1.60. The van der Waals surface area contributed by atoms with Crippen LogP contribution in [0, 0.1) is 0 Å². The van der Waals surface area contributed by atoms with E-state index in [9.17, 15) is 0 Å². The van der Waals surface area contributed by atoms with E-state index < -0.39 is 0 Å². The third-order valence-electron chi connectivity index (χ3n) is 4.05. The van der Waals surface area contributed by atoms with Gasteiger partial charge in [0.15, 0.2) is 11.5 Å². The van der Waals surface area contributed by atoms with Crippen molar-refractivity contribution in [3.63, 3.8) is 0 Å². The third kappa shape index (κ3) is 3.48. The van der Waals surface area contributed by atoms with Crippen LogP contribution in [-0.2, 0) is 4.74 Å². The van der Waals surface area contributed by atoms with E-state index in [1.807, 2.05) is 42.5 Å². The number of hydrogen-bond acceptors (Lipinski definition) is 7. The lowest BCUT2D eigenvalue weighted by atomic mass is 10.2. The van der Waals surface area contributed by atoms with Crippen LogP contribution >= 0.6 is 0 Å². The molecule has 4 rings (SSSR count). The summed E-state index contributed by atoms with van der Waals surface area (Å²) in [6.07, 6.45) is 0.903. The Morgan fingerprint density at radius 3 is 2.88 bits per heavy atom. The first-order valence-corrected chi connectivity index (χ1v) is 8.50. The number of aromatic nitrogens is 2. The van der Waals surface area contributed by atoms with Gasteiger partial charge in [-0.2, -0.15) is 4.98 Å². The molecule has 0 bridgehead atoms. The van der Waals surface area contributed by atoms with Gasteiger partial charge in [0.1, 0.15) is 5.82 Å². The molecule has 2 heterocycles. The fourth-order valence-electron chi connectivity index (χ4n) is 2.79. The maximum absolute atomic E-state index is 5.42. The Hall–Kier alpha value is -3.06. The maximum Gasteiger partial charge on any atom is 0.231 e. The van der Waals surface area contributed by atoms with E-state index in [0.29, 0.717) is 18.3 Å². The Labute approximate surface area is 151 Å². The number of para-hydroxylation sites is 1. The average Bonchev–Trinajstić information content (AvgIpc) is 3.13. The quantitative estimate of drug-likeness (QED) is 0.630. The normalized spacial score (nSPS) is 12.3. The summed E-state index contributed by atoms with van der Waals surface area (Å²) < 4.78 is 15.9. The average molecular weight is 352 g/mol. The van der Waals surface area contributed by atoms with Crippen molar-refractivity contribution in [2.24, 2.45) is 0 Å². The van der Waals surface area contributed by atoms with Gasteiger partial charge in [-0.25, -0.2) is 4.98 Å². The van der Waals surface area contributed by atoms with Crippen molar-refractivity contribution in [3.05, 3.63) is 42.5 Å². The van der Waals surface area contributed by atoms with Crippen LogP contribution in [0.25, 0.3) is 10.9 Å². The van der Waals surface area contributed by atoms with E-state index >= 15 is 0 Å². The lowest BCUT2D eigenvalue weighted by Gasteiger charge is -2.12. The number of anilines is 3. The maximum atomic E-state index is 5.42. The number of benzene rings is 2. The molecular formula is C19H20N4O3. The molecule has 1 aliphatic rings. The van der Waals surface area contributed by atoms with Gasteiger partial charge in [0.05, 0.1) is 5.52 Å². The van der Waals surface area contributed by atoms with Crippen molar-refractivity contribution < 1.29 is 14.2 Å². The molecule has 3 aromatic rings. The van der Waals surface area contributed by atoms with Gasteiger partial charge in [0, 0.05) is 37.4 Å². The van der Waals surface area contributed by atoms with Gasteiger partial charge in [-0.05, 0) is 30.7 Å². The summed E-state index contributed by atoms with van der Waals surface area (Å²) in [4.78, 5) is 9.25. The van der Waals surface area contributed by atoms with E-state index in [1.165, 1.54) is 0 Å². The largest absolute Gasteiger partial charge is 0.454 e. The van der Waals surface area contributed by atoms with Crippen LogP contribution in [0.5, 0.6) is 11.5 Å². The first-order chi connectivity index (χ1) is 12.8. The van der Waals surface area contributed by atoms with Gasteiger partial charge < -0.3 is 24.8 Å². The van der Waals surface area contributed by atoms with Gasteiger partial charge in [-0.1, -0.05) is 12.1 Å². The Bertz CT molecular complexity index is 916. The van der Waals surface area contributed by atoms with Crippen molar-refractivity contribution in [1.82, 2.24) is 9.97 Å². The smallest absolute Gasteiger partial charge is 0.231 e. The summed E-state index contributed by atoms with van der Waals surface area (Å²) in [6.45, 7) is 1.73. The van der Waals surface area contributed by atoms with Crippen LogP contribution in [0.2, 0.25) is 0 Å². The van der Waals surface area contributed by atoms with Crippen LogP contribution in [0.15, 0.2) is 42.5 Å². The highest BCUT2D eigenvalue weighted by atomic mass is 16.7. The molecule has 0 unspecified atom stereocenters. The Morgan fingerprint density at radius 2 is 1.96 bits per heavy atom. The van der Waals surface area contributed by atoms with E-state index in [2.05, 4.69) is 20.6 Å². The highest BCUT2D eigenvalue weighted by Crippen LogP contribution is 2.35. The Kier molecular flexibility index (Phi) is 4.70. The highest BCUT2D eigenvalue weighted by molar-refractivity contribution is 5.90. The molecular weight excluding hydrogens is 332 g/mol. The van der Waals surface area contributed by atoms with E-state index in [-0.39, 0.29) is 6.79 Å². The molecule has 1 aromatic heterocycles. The summed E-state index contributed by atoms with van der Waals surface area (Å²) in [5.41, 5.74) is 1.72. The van der Waals surface area contributed by atoms with Crippen LogP contribution in [0.3, 0.4) is 0 Å². The molecule has 2 aromatic carbocycles. The monoisotopic (exact) mass is 352 g/mol. The summed E-state index contributed by atoms with van der Waals surface area (Å²) >= 11 is 0. The second-order valence-corrected chi connectivity index (χ2v) is 5.88. The van der Waals surface area contributed by atoms with Crippen molar-refractivity contribution in [3.8, 4) is 11.5 Å². The second-order valence-electron chi connectivity index (χ2n) is 5.88.